The number of nitrogen functional groups attached to an aromatic ring is 1. The lowest BCUT2D eigenvalue weighted by molar-refractivity contribution is -0.121. The van der Waals surface area contributed by atoms with Gasteiger partial charge < -0.3 is 10.6 Å². The molecule has 2 aromatic rings. The lowest BCUT2D eigenvalue weighted by Crippen LogP contribution is -2.37. The van der Waals surface area contributed by atoms with E-state index in [1.807, 2.05) is 31.2 Å². The fraction of sp³-hybridized carbons (Fsp3) is 0.308. The Morgan fingerprint density at radius 2 is 2.10 bits per heavy atom. The Morgan fingerprint density at radius 3 is 2.80 bits per heavy atom. The van der Waals surface area contributed by atoms with E-state index in [-0.39, 0.29) is 5.91 Å². The number of rotatable bonds is 5. The second-order valence-corrected chi connectivity index (χ2v) is 4.32. The third-order valence-electron chi connectivity index (χ3n) is 2.83. The first-order valence-corrected chi connectivity index (χ1v) is 6.43. The van der Waals surface area contributed by atoms with E-state index >= 15 is 0 Å². The molecule has 7 heteroatoms. The molecule has 2 rings (SSSR count). The van der Waals surface area contributed by atoms with Crippen LogP contribution in [0.25, 0.3) is 10.9 Å². The highest BCUT2D eigenvalue weighted by Crippen LogP contribution is 2.22. The van der Waals surface area contributed by atoms with Gasteiger partial charge in [0.1, 0.15) is 11.9 Å². The molecule has 0 radical (unpaired) electrons. The molecule has 1 unspecified atom stereocenters. The molecule has 0 aliphatic carbocycles. The molecule has 5 N–H and O–H groups in total. The molecule has 1 atom stereocenters. The molecular formula is C13H18N6O. The summed E-state index contributed by atoms with van der Waals surface area (Å²) in [4.78, 5) is 20.3. The number of fused-ring (bicyclic) bond motifs is 1. The average Bonchev–Trinajstić information content (AvgIpc) is 2.47. The number of amides is 1. The maximum absolute atomic E-state index is 11.8. The molecule has 1 aromatic heterocycles. The molecule has 0 fully saturated rings. The van der Waals surface area contributed by atoms with Crippen molar-refractivity contribution in [1.82, 2.24) is 15.3 Å². The highest BCUT2D eigenvalue weighted by atomic mass is 16.2. The van der Waals surface area contributed by atoms with Crippen molar-refractivity contribution < 1.29 is 4.79 Å². The highest BCUT2D eigenvalue weighted by Gasteiger charge is 2.14. The molecule has 1 aromatic carbocycles. The van der Waals surface area contributed by atoms with Gasteiger partial charge in [-0.2, -0.15) is 4.98 Å². The number of hydrogen-bond donors (Lipinski definition) is 4. The van der Waals surface area contributed by atoms with Gasteiger partial charge in [-0.15, -0.1) is 0 Å². The van der Waals surface area contributed by atoms with Gasteiger partial charge in [0.25, 0.3) is 0 Å². The molecule has 7 nitrogen and oxygen atoms in total. The summed E-state index contributed by atoms with van der Waals surface area (Å²) in [5.74, 6) is 6.15. The molecule has 0 saturated heterocycles. The van der Waals surface area contributed by atoms with Gasteiger partial charge in [-0.05, 0) is 26.0 Å². The predicted molar refractivity (Wildman–Crippen MR) is 79.1 cm³/mol. The van der Waals surface area contributed by atoms with Crippen LogP contribution in [0.3, 0.4) is 0 Å². The van der Waals surface area contributed by atoms with Crippen molar-refractivity contribution in [3.8, 4) is 0 Å². The quantitative estimate of drug-likeness (QED) is 0.476. The van der Waals surface area contributed by atoms with Gasteiger partial charge in [0.2, 0.25) is 11.9 Å². The lowest BCUT2D eigenvalue weighted by atomic mass is 10.2. The van der Waals surface area contributed by atoms with Crippen molar-refractivity contribution in [2.24, 2.45) is 5.84 Å². The highest BCUT2D eigenvalue weighted by molar-refractivity contribution is 5.92. The molecule has 0 aliphatic rings. The van der Waals surface area contributed by atoms with E-state index in [0.717, 1.165) is 10.9 Å². The molecule has 0 bridgehead atoms. The van der Waals surface area contributed by atoms with Crippen molar-refractivity contribution >= 4 is 28.6 Å². The summed E-state index contributed by atoms with van der Waals surface area (Å²) in [6.07, 6.45) is 0. The number of carbonyl (C=O) groups excluding carboxylic acids is 1. The Labute approximate surface area is 116 Å². The van der Waals surface area contributed by atoms with Gasteiger partial charge in [0.05, 0.1) is 5.52 Å². The second kappa shape index (κ2) is 6.16. The Hall–Kier alpha value is -2.41. The SMILES string of the molecule is CCNC(=O)C(C)Nc1nc(NN)nc2ccccc12. The molecule has 0 aliphatic heterocycles. The summed E-state index contributed by atoms with van der Waals surface area (Å²) in [6, 6.07) is 7.12. The number of nitrogens with zero attached hydrogens (tertiary/aromatic N) is 2. The largest absolute Gasteiger partial charge is 0.358 e. The first kappa shape index (κ1) is 14.0. The van der Waals surface area contributed by atoms with Crippen LogP contribution >= 0.6 is 0 Å². The molecule has 1 heterocycles. The minimum Gasteiger partial charge on any atom is -0.358 e. The third kappa shape index (κ3) is 2.94. The van der Waals surface area contributed by atoms with Crippen molar-refractivity contribution in [3.05, 3.63) is 24.3 Å². The Morgan fingerprint density at radius 1 is 1.35 bits per heavy atom. The summed E-state index contributed by atoms with van der Waals surface area (Å²) in [5, 5.41) is 6.68. The first-order chi connectivity index (χ1) is 9.65. The van der Waals surface area contributed by atoms with Crippen LogP contribution in [0.4, 0.5) is 11.8 Å². The maximum Gasteiger partial charge on any atom is 0.242 e. The van der Waals surface area contributed by atoms with Crippen molar-refractivity contribution in [3.63, 3.8) is 0 Å². The van der Waals surface area contributed by atoms with E-state index in [9.17, 15) is 4.79 Å². The summed E-state index contributed by atoms with van der Waals surface area (Å²) in [5.41, 5.74) is 3.18. The minimum absolute atomic E-state index is 0.0857. The predicted octanol–water partition coefficient (Wildman–Crippen LogP) is 0.852. The van der Waals surface area contributed by atoms with Crippen LogP contribution in [0, 0.1) is 0 Å². The number of nitrogens with one attached hydrogen (secondary N) is 3. The van der Waals surface area contributed by atoms with E-state index < -0.39 is 6.04 Å². The molecule has 106 valence electrons. The Bertz CT molecular complexity index is 615. The number of benzene rings is 1. The van der Waals surface area contributed by atoms with Crippen LogP contribution in [0.5, 0.6) is 0 Å². The normalized spacial score (nSPS) is 11.9. The monoisotopic (exact) mass is 274 g/mol. The van der Waals surface area contributed by atoms with Crippen molar-refractivity contribution in [1.29, 1.82) is 0 Å². The van der Waals surface area contributed by atoms with Crippen LogP contribution in [0.2, 0.25) is 0 Å². The number of nitrogens with two attached hydrogens (primary N) is 1. The van der Waals surface area contributed by atoms with E-state index in [0.29, 0.717) is 18.3 Å². The number of hydrogen-bond acceptors (Lipinski definition) is 6. The van der Waals surface area contributed by atoms with Gasteiger partial charge in [-0.3, -0.25) is 10.2 Å². The number of likely N-dealkylation sites (N-methyl/N-ethyl adjacent to an activating group) is 1. The zero-order valence-electron chi connectivity index (χ0n) is 11.5. The van der Waals surface area contributed by atoms with Crippen molar-refractivity contribution in [2.45, 2.75) is 19.9 Å². The smallest absolute Gasteiger partial charge is 0.242 e. The molecular weight excluding hydrogens is 256 g/mol. The zero-order chi connectivity index (χ0) is 14.5. The fourth-order valence-corrected chi connectivity index (χ4v) is 1.85. The summed E-state index contributed by atoms with van der Waals surface area (Å²) >= 11 is 0. The zero-order valence-corrected chi connectivity index (χ0v) is 11.5. The second-order valence-electron chi connectivity index (χ2n) is 4.32. The molecule has 0 saturated carbocycles. The third-order valence-corrected chi connectivity index (χ3v) is 2.83. The Balaban J connectivity index is 2.35. The van der Waals surface area contributed by atoms with Gasteiger partial charge in [-0.25, -0.2) is 10.8 Å². The number of aromatic nitrogens is 2. The molecule has 1 amide bonds. The Kier molecular flexibility index (Phi) is 4.31. The van der Waals surface area contributed by atoms with Crippen LogP contribution in [0.1, 0.15) is 13.8 Å². The minimum atomic E-state index is -0.404. The van der Waals surface area contributed by atoms with E-state index in [1.165, 1.54) is 0 Å². The average molecular weight is 274 g/mol. The topological polar surface area (TPSA) is 105 Å². The fourth-order valence-electron chi connectivity index (χ4n) is 1.85. The standard InChI is InChI=1S/C13H18N6O/c1-3-15-12(20)8(2)16-11-9-6-4-5-7-10(9)17-13(18-11)19-14/h4-8H,3,14H2,1-2H3,(H,15,20)(H2,16,17,18,19). The first-order valence-electron chi connectivity index (χ1n) is 6.43. The summed E-state index contributed by atoms with van der Waals surface area (Å²) in [6.45, 7) is 4.24. The van der Waals surface area contributed by atoms with E-state index in [1.54, 1.807) is 6.92 Å². The van der Waals surface area contributed by atoms with Gasteiger partial charge in [0, 0.05) is 11.9 Å². The van der Waals surface area contributed by atoms with Crippen LogP contribution in [-0.2, 0) is 4.79 Å². The number of carbonyl (C=O) groups is 1. The molecule has 20 heavy (non-hydrogen) atoms. The van der Waals surface area contributed by atoms with Crippen molar-refractivity contribution in [2.75, 3.05) is 17.3 Å². The number of hydrazine groups is 1. The van der Waals surface area contributed by atoms with E-state index in [2.05, 4.69) is 26.0 Å². The van der Waals surface area contributed by atoms with Crippen LogP contribution in [0.15, 0.2) is 24.3 Å². The maximum atomic E-state index is 11.8. The number of anilines is 2. The van der Waals surface area contributed by atoms with Gasteiger partial charge in [0.15, 0.2) is 0 Å². The summed E-state index contributed by atoms with van der Waals surface area (Å²) < 4.78 is 0. The van der Waals surface area contributed by atoms with E-state index in [4.69, 9.17) is 5.84 Å². The summed E-state index contributed by atoms with van der Waals surface area (Å²) in [7, 11) is 0. The van der Waals surface area contributed by atoms with Gasteiger partial charge in [-0.1, -0.05) is 12.1 Å². The molecule has 0 spiro atoms. The van der Waals surface area contributed by atoms with Gasteiger partial charge >= 0.3 is 0 Å². The number of para-hydroxylation sites is 1. The van der Waals surface area contributed by atoms with Crippen LogP contribution < -0.4 is 21.9 Å². The lowest BCUT2D eigenvalue weighted by Gasteiger charge is -2.16. The van der Waals surface area contributed by atoms with Crippen LogP contribution in [-0.4, -0.2) is 28.5 Å².